The quantitative estimate of drug-likeness (QED) is 0.672. The summed E-state index contributed by atoms with van der Waals surface area (Å²) in [5, 5.41) is 0. The van der Waals surface area contributed by atoms with Crippen molar-refractivity contribution in [1.29, 1.82) is 0 Å². The lowest BCUT2D eigenvalue weighted by Gasteiger charge is -2.15. The first-order valence-corrected chi connectivity index (χ1v) is 5.64. The van der Waals surface area contributed by atoms with Crippen LogP contribution < -0.4 is 0 Å². The van der Waals surface area contributed by atoms with Crippen LogP contribution in [-0.4, -0.2) is 0 Å². The molecule has 0 heteroatoms. The van der Waals surface area contributed by atoms with Gasteiger partial charge in [0.1, 0.15) is 0 Å². The molecule has 0 radical (unpaired) electrons. The van der Waals surface area contributed by atoms with Crippen molar-refractivity contribution in [3.05, 3.63) is 59.2 Å². The van der Waals surface area contributed by atoms with Crippen LogP contribution in [0.5, 0.6) is 0 Å². The van der Waals surface area contributed by atoms with E-state index in [9.17, 15) is 0 Å². The third-order valence-electron chi connectivity index (χ3n) is 2.90. The Kier molecular flexibility index (Phi) is 3.05. The van der Waals surface area contributed by atoms with Gasteiger partial charge in [0.05, 0.1) is 0 Å². The molecule has 1 aromatic carbocycles. The van der Waals surface area contributed by atoms with E-state index in [0.29, 0.717) is 5.92 Å². The zero-order chi connectivity index (χ0) is 10.7. The Hall–Kier alpha value is -1.30. The summed E-state index contributed by atoms with van der Waals surface area (Å²) in [7, 11) is 0. The third kappa shape index (κ3) is 2.82. The minimum Gasteiger partial charge on any atom is -0.0837 e. The van der Waals surface area contributed by atoms with Crippen molar-refractivity contribution in [2.45, 2.75) is 26.7 Å². The fourth-order valence-corrected chi connectivity index (χ4v) is 2.21. The molecule has 0 aliphatic heterocycles. The first kappa shape index (κ1) is 10.2. The standard InChI is InChI=1S/C15H18/c1-12-5-3-7-14(9-12)11-15-8-4-6-13(2)10-15/h3-7,9-10,15H,8,11H2,1-2H3. The molecular weight excluding hydrogens is 180 g/mol. The maximum atomic E-state index is 2.39. The molecule has 0 heterocycles. The second-order valence-electron chi connectivity index (χ2n) is 4.50. The summed E-state index contributed by atoms with van der Waals surface area (Å²) >= 11 is 0. The molecule has 0 bridgehead atoms. The van der Waals surface area contributed by atoms with Gasteiger partial charge in [-0.1, -0.05) is 53.6 Å². The first-order valence-electron chi connectivity index (χ1n) is 5.64. The molecule has 1 aromatic rings. The third-order valence-corrected chi connectivity index (χ3v) is 2.90. The lowest BCUT2D eigenvalue weighted by atomic mass is 9.90. The zero-order valence-corrected chi connectivity index (χ0v) is 9.53. The highest BCUT2D eigenvalue weighted by Gasteiger charge is 2.08. The topological polar surface area (TPSA) is 0 Å². The maximum Gasteiger partial charge on any atom is -0.0153 e. The molecule has 0 aromatic heterocycles. The fraction of sp³-hybridized carbons (Fsp3) is 0.333. The van der Waals surface area contributed by atoms with Crippen molar-refractivity contribution < 1.29 is 0 Å². The second kappa shape index (κ2) is 4.48. The van der Waals surface area contributed by atoms with Crippen LogP contribution >= 0.6 is 0 Å². The van der Waals surface area contributed by atoms with Gasteiger partial charge < -0.3 is 0 Å². The highest BCUT2D eigenvalue weighted by Crippen LogP contribution is 2.21. The second-order valence-corrected chi connectivity index (χ2v) is 4.50. The van der Waals surface area contributed by atoms with E-state index in [2.05, 4.69) is 56.3 Å². The summed E-state index contributed by atoms with van der Waals surface area (Å²) < 4.78 is 0. The van der Waals surface area contributed by atoms with E-state index >= 15 is 0 Å². The molecule has 78 valence electrons. The first-order chi connectivity index (χ1) is 7.24. The summed E-state index contributed by atoms with van der Waals surface area (Å²) in [6.45, 7) is 4.34. The summed E-state index contributed by atoms with van der Waals surface area (Å²) in [5.41, 5.74) is 4.22. The molecule has 1 atom stereocenters. The number of allylic oxidation sites excluding steroid dienone is 4. The monoisotopic (exact) mass is 198 g/mol. The normalized spacial score (nSPS) is 20.1. The molecule has 1 unspecified atom stereocenters. The fourth-order valence-electron chi connectivity index (χ4n) is 2.21. The lowest BCUT2D eigenvalue weighted by molar-refractivity contribution is 0.648. The predicted molar refractivity (Wildman–Crippen MR) is 65.9 cm³/mol. The number of hydrogen-bond acceptors (Lipinski definition) is 0. The van der Waals surface area contributed by atoms with Crippen molar-refractivity contribution in [2.75, 3.05) is 0 Å². The van der Waals surface area contributed by atoms with Crippen molar-refractivity contribution in [1.82, 2.24) is 0 Å². The van der Waals surface area contributed by atoms with Crippen molar-refractivity contribution in [2.24, 2.45) is 5.92 Å². The Morgan fingerprint density at radius 1 is 1.27 bits per heavy atom. The maximum absolute atomic E-state index is 2.39. The number of benzene rings is 1. The molecule has 2 rings (SSSR count). The van der Waals surface area contributed by atoms with Crippen molar-refractivity contribution in [3.8, 4) is 0 Å². The van der Waals surface area contributed by atoms with Gasteiger partial charge in [-0.05, 0) is 38.2 Å². The number of rotatable bonds is 2. The van der Waals surface area contributed by atoms with Gasteiger partial charge in [0, 0.05) is 0 Å². The van der Waals surface area contributed by atoms with E-state index in [1.807, 2.05) is 0 Å². The number of hydrogen-bond donors (Lipinski definition) is 0. The SMILES string of the molecule is CC1=CC(Cc2cccc(C)c2)CC=C1. The van der Waals surface area contributed by atoms with E-state index in [0.717, 1.165) is 0 Å². The average molecular weight is 198 g/mol. The van der Waals surface area contributed by atoms with Crippen LogP contribution in [0.2, 0.25) is 0 Å². The molecule has 15 heavy (non-hydrogen) atoms. The summed E-state index contributed by atoms with van der Waals surface area (Å²) in [6.07, 6.45) is 9.25. The Morgan fingerprint density at radius 3 is 2.87 bits per heavy atom. The lowest BCUT2D eigenvalue weighted by Crippen LogP contribution is -2.03. The van der Waals surface area contributed by atoms with E-state index < -0.39 is 0 Å². The molecule has 0 amide bonds. The van der Waals surface area contributed by atoms with Crippen LogP contribution in [0.25, 0.3) is 0 Å². The summed E-state index contributed by atoms with van der Waals surface area (Å²) in [6, 6.07) is 8.83. The van der Waals surface area contributed by atoms with Gasteiger partial charge in [-0.3, -0.25) is 0 Å². The van der Waals surface area contributed by atoms with Gasteiger partial charge in [-0.2, -0.15) is 0 Å². The van der Waals surface area contributed by atoms with E-state index in [-0.39, 0.29) is 0 Å². The molecule has 0 spiro atoms. The Balaban J connectivity index is 2.06. The van der Waals surface area contributed by atoms with E-state index in [4.69, 9.17) is 0 Å². The van der Waals surface area contributed by atoms with Gasteiger partial charge in [0.2, 0.25) is 0 Å². The molecule has 0 N–H and O–H groups in total. The summed E-state index contributed by atoms with van der Waals surface area (Å²) in [4.78, 5) is 0. The van der Waals surface area contributed by atoms with Crippen LogP contribution in [-0.2, 0) is 6.42 Å². The van der Waals surface area contributed by atoms with Gasteiger partial charge in [0.15, 0.2) is 0 Å². The molecule has 1 aliphatic carbocycles. The smallest absolute Gasteiger partial charge is 0.0153 e. The highest BCUT2D eigenvalue weighted by atomic mass is 14.1. The van der Waals surface area contributed by atoms with E-state index in [1.54, 1.807) is 0 Å². The summed E-state index contributed by atoms with van der Waals surface area (Å²) in [5.74, 6) is 0.691. The minimum absolute atomic E-state index is 0.691. The zero-order valence-electron chi connectivity index (χ0n) is 9.53. The van der Waals surface area contributed by atoms with Gasteiger partial charge in [0.25, 0.3) is 0 Å². The Bertz CT molecular complexity index is 396. The van der Waals surface area contributed by atoms with Gasteiger partial charge >= 0.3 is 0 Å². The van der Waals surface area contributed by atoms with Crippen molar-refractivity contribution in [3.63, 3.8) is 0 Å². The molecular formula is C15H18. The van der Waals surface area contributed by atoms with Crippen LogP contribution in [0.3, 0.4) is 0 Å². The van der Waals surface area contributed by atoms with Crippen molar-refractivity contribution >= 4 is 0 Å². The predicted octanol–water partition coefficient (Wildman–Crippen LogP) is 4.06. The molecule has 0 saturated heterocycles. The molecule has 0 saturated carbocycles. The van der Waals surface area contributed by atoms with Crippen LogP contribution in [0, 0.1) is 12.8 Å². The van der Waals surface area contributed by atoms with Gasteiger partial charge in [-0.25, -0.2) is 0 Å². The van der Waals surface area contributed by atoms with Crippen LogP contribution in [0.4, 0.5) is 0 Å². The van der Waals surface area contributed by atoms with E-state index in [1.165, 1.54) is 29.5 Å². The molecule has 0 fully saturated rings. The minimum atomic E-state index is 0.691. The Morgan fingerprint density at radius 2 is 2.13 bits per heavy atom. The molecule has 1 aliphatic rings. The Labute approximate surface area is 92.3 Å². The van der Waals surface area contributed by atoms with Crippen LogP contribution in [0.1, 0.15) is 24.5 Å². The van der Waals surface area contributed by atoms with Crippen LogP contribution in [0.15, 0.2) is 48.1 Å². The van der Waals surface area contributed by atoms with Gasteiger partial charge in [-0.15, -0.1) is 0 Å². The average Bonchev–Trinajstić information content (AvgIpc) is 2.17. The highest BCUT2D eigenvalue weighted by molar-refractivity contribution is 5.26. The largest absolute Gasteiger partial charge is 0.0837 e. The number of aryl methyl sites for hydroxylation is 1. The molecule has 0 nitrogen and oxygen atoms in total.